The molecule has 0 aliphatic rings. The first kappa shape index (κ1) is 50.6. The molecule has 0 saturated carbocycles. The van der Waals surface area contributed by atoms with Gasteiger partial charge in [0.1, 0.15) is 21.3 Å². The smallest absolute Gasteiger partial charge is 0.350 e. The Bertz CT molecular complexity index is 2050. The highest BCUT2D eigenvalue weighted by Gasteiger charge is 2.40. The van der Waals surface area contributed by atoms with E-state index in [1.807, 2.05) is 48.5 Å². The maximum Gasteiger partial charge on any atom is 0.350 e. The molecule has 0 bridgehead atoms. The van der Waals surface area contributed by atoms with Gasteiger partial charge in [0.25, 0.3) is 0 Å². The minimum Gasteiger partial charge on any atom is -0.543 e. The molecule has 0 saturated heterocycles. The van der Waals surface area contributed by atoms with Crippen LogP contribution in [0.5, 0.6) is 11.5 Å². The van der Waals surface area contributed by atoms with E-state index < -0.39 is 28.6 Å². The van der Waals surface area contributed by atoms with Crippen LogP contribution in [0.4, 0.5) is 10.3 Å². The van der Waals surface area contributed by atoms with Gasteiger partial charge < -0.3 is 34.5 Å². The second-order valence-corrected chi connectivity index (χ2v) is 28.1. The summed E-state index contributed by atoms with van der Waals surface area (Å²) in [5, 5.41) is 12.6. The minimum atomic E-state index is -1.94. The number of hydrogen-bond donors (Lipinski definition) is 3. The number of benzene rings is 2. The monoisotopic (exact) mass is 886 g/mol. The Balaban J connectivity index is 0.000000339. The number of aliphatic carboxylic acids is 1. The molecule has 2 aromatic carbocycles. The van der Waals surface area contributed by atoms with Crippen molar-refractivity contribution in [2.24, 2.45) is 0 Å². The lowest BCUT2D eigenvalue weighted by molar-refractivity contribution is -0.136. The third-order valence-electron chi connectivity index (χ3n) is 9.65. The summed E-state index contributed by atoms with van der Waals surface area (Å²) in [5.41, 5.74) is 8.23. The van der Waals surface area contributed by atoms with E-state index in [1.54, 1.807) is 27.7 Å². The number of nitrogens with two attached hydrogens (primary N) is 1. The van der Waals surface area contributed by atoms with Gasteiger partial charge in [0.2, 0.25) is 22.5 Å². The number of thiazole rings is 2. The van der Waals surface area contributed by atoms with Gasteiger partial charge in [0.15, 0.2) is 10.3 Å². The average molecular weight is 887 g/mol. The highest BCUT2D eigenvalue weighted by atomic mass is 32.1. The average Bonchev–Trinajstić information content (AvgIpc) is 3.63. The quantitative estimate of drug-likeness (QED) is 0.0852. The molecule has 0 radical (unpaired) electrons. The van der Waals surface area contributed by atoms with E-state index >= 15 is 0 Å². The predicted molar refractivity (Wildman–Crippen MR) is 242 cm³/mol. The van der Waals surface area contributed by atoms with Crippen molar-refractivity contribution in [3.8, 4) is 11.5 Å². The van der Waals surface area contributed by atoms with Gasteiger partial charge >= 0.3 is 17.9 Å². The van der Waals surface area contributed by atoms with Crippen molar-refractivity contribution >= 4 is 73.4 Å². The Morgan fingerprint density at radius 3 is 1.53 bits per heavy atom. The van der Waals surface area contributed by atoms with Crippen molar-refractivity contribution in [3.05, 3.63) is 80.8 Å². The number of anilines is 2. The summed E-state index contributed by atoms with van der Waals surface area (Å²) in [6.07, 6.45) is 0.233. The fourth-order valence-electron chi connectivity index (χ4n) is 4.50. The predicted octanol–water partition coefficient (Wildman–Crippen LogP) is 10.1. The number of carboxylic acids is 1. The van der Waals surface area contributed by atoms with Gasteiger partial charge in [-0.3, -0.25) is 9.59 Å². The third-order valence-corrected chi connectivity index (χ3v) is 20.4. The minimum absolute atomic E-state index is 0.0364. The third kappa shape index (κ3) is 16.2. The fraction of sp³-hybridized carbons (Fsp3) is 0.476. The Morgan fingerprint density at radius 2 is 1.14 bits per heavy atom. The van der Waals surface area contributed by atoms with E-state index in [0.29, 0.717) is 44.6 Å². The van der Waals surface area contributed by atoms with Gasteiger partial charge in [-0.25, -0.2) is 19.6 Å². The first-order valence-electron chi connectivity index (χ1n) is 19.3. The number of carbonyl (C=O) groups excluding carboxylic acids is 3. The molecule has 0 unspecified atom stereocenters. The summed E-state index contributed by atoms with van der Waals surface area (Å²) in [5.74, 6) is -0.210. The van der Waals surface area contributed by atoms with E-state index in [9.17, 15) is 19.2 Å². The lowest BCUT2D eigenvalue weighted by Gasteiger charge is -2.36. The highest BCUT2D eigenvalue weighted by Crippen LogP contribution is 2.38. The van der Waals surface area contributed by atoms with Crippen LogP contribution in [0.3, 0.4) is 0 Å². The Kier molecular flexibility index (Phi) is 18.5. The largest absolute Gasteiger partial charge is 0.543 e. The first-order valence-corrected chi connectivity index (χ1v) is 26.8. The first-order chi connectivity index (χ1) is 27.2. The molecular weight excluding hydrogens is 825 g/mol. The number of nitrogens with one attached hydrogen (secondary N) is 1. The zero-order valence-electron chi connectivity index (χ0n) is 36.9. The van der Waals surface area contributed by atoms with Crippen LogP contribution in [0.2, 0.25) is 36.3 Å². The Morgan fingerprint density at radius 1 is 0.712 bits per heavy atom. The Hall–Kier alpha value is -4.59. The number of esters is 2. The van der Waals surface area contributed by atoms with Gasteiger partial charge in [0.05, 0.1) is 37.4 Å². The number of hydrogen-bond acceptors (Lipinski definition) is 13. The molecule has 0 aliphatic carbocycles. The van der Waals surface area contributed by atoms with Gasteiger partial charge in [0, 0.05) is 0 Å². The van der Waals surface area contributed by atoms with Crippen molar-refractivity contribution in [1.82, 2.24) is 9.97 Å². The molecule has 2 heterocycles. The maximum atomic E-state index is 12.5. The van der Waals surface area contributed by atoms with Crippen LogP contribution in [-0.2, 0) is 31.9 Å². The standard InChI is InChI=1S/C21H30N2O4SSi.C14H22O3Si.C7H10N2O2S/c1-8-26-19(25)18-14(2)22-20(28-18)23-17(24)13-15-10-9-11-16(12-15)27-29(6,7)21(3,4)5;1-14(2,3)18(4,5)17-12-8-6-7-11(9-12)10-13(15)16;1-3-11-6(10)5-4(2)9-7(8)12-5/h9-12H,8,13H2,1-7H3,(H,22,23,24);6-9H,10H2,1-5H3,(H,15,16);3H2,1-2H3,(H2,8,9). The number of rotatable bonds is 13. The van der Waals surface area contributed by atoms with Crippen LogP contribution in [0.25, 0.3) is 0 Å². The number of carbonyl (C=O) groups is 4. The SMILES string of the molecule is CC(C)(C)[Si](C)(C)Oc1cccc(CC(=O)O)c1.CCOC(=O)c1sc(N)nc1C.CCOC(=O)c1sc(NC(=O)Cc2cccc(O[Si](C)(C)C(C)(C)C)c2)nc1C. The summed E-state index contributed by atoms with van der Waals surface area (Å²) in [6.45, 7) is 29.5. The summed E-state index contributed by atoms with van der Waals surface area (Å²) in [7, 11) is -3.80. The van der Waals surface area contributed by atoms with Crippen LogP contribution in [0.1, 0.15) is 97.2 Å². The molecular formula is C42H62N4O9S2Si2. The summed E-state index contributed by atoms with van der Waals surface area (Å²) in [4.78, 5) is 55.3. The molecule has 0 aliphatic heterocycles. The van der Waals surface area contributed by atoms with Crippen LogP contribution in [-0.4, -0.2) is 68.7 Å². The molecule has 4 aromatic rings. The van der Waals surface area contributed by atoms with Crippen molar-refractivity contribution < 1.29 is 42.6 Å². The van der Waals surface area contributed by atoms with Gasteiger partial charge in [-0.05, 0) is 99.4 Å². The molecule has 17 heteroatoms. The number of nitrogens with zero attached hydrogens (tertiary/aromatic N) is 2. The van der Waals surface area contributed by atoms with E-state index in [1.165, 1.54) is 0 Å². The van der Waals surface area contributed by atoms with E-state index in [4.69, 9.17) is 29.2 Å². The molecule has 2 aromatic heterocycles. The van der Waals surface area contributed by atoms with Crippen molar-refractivity contribution in [3.63, 3.8) is 0 Å². The molecule has 324 valence electrons. The second-order valence-electron chi connectivity index (χ2n) is 16.7. The molecule has 4 N–H and O–H groups in total. The second kappa shape index (κ2) is 21.6. The van der Waals surface area contributed by atoms with Crippen molar-refractivity contribution in [2.45, 2.75) is 118 Å². The number of aryl methyl sites for hydroxylation is 2. The number of nitrogen functional groups attached to an aromatic ring is 1. The summed E-state index contributed by atoms with van der Waals surface area (Å²) < 4.78 is 22.3. The van der Waals surface area contributed by atoms with E-state index in [0.717, 1.165) is 45.3 Å². The molecule has 0 spiro atoms. The molecule has 1 amide bonds. The molecule has 4 rings (SSSR count). The fourth-order valence-corrected chi connectivity index (χ4v) is 8.14. The summed E-state index contributed by atoms with van der Waals surface area (Å²) in [6, 6.07) is 15.0. The number of ether oxygens (including phenoxy) is 2. The molecule has 0 atom stereocenters. The lowest BCUT2D eigenvalue weighted by Crippen LogP contribution is -2.43. The molecule has 13 nitrogen and oxygen atoms in total. The zero-order chi connectivity index (χ0) is 44.9. The Labute approximate surface area is 359 Å². The number of carboxylic acid groups (broad SMARTS) is 1. The zero-order valence-corrected chi connectivity index (χ0v) is 40.6. The highest BCUT2D eigenvalue weighted by molar-refractivity contribution is 7.17. The lowest BCUT2D eigenvalue weighted by atomic mass is 10.1. The van der Waals surface area contributed by atoms with Crippen molar-refractivity contribution in [2.75, 3.05) is 24.3 Å². The van der Waals surface area contributed by atoms with Gasteiger partial charge in [-0.15, -0.1) is 0 Å². The van der Waals surface area contributed by atoms with Gasteiger partial charge in [-0.1, -0.05) is 88.5 Å². The van der Waals surface area contributed by atoms with Crippen LogP contribution < -0.4 is 19.9 Å². The molecule has 59 heavy (non-hydrogen) atoms. The maximum absolute atomic E-state index is 12.5. The normalized spacial score (nSPS) is 11.6. The number of amides is 1. The van der Waals surface area contributed by atoms with Crippen LogP contribution in [0.15, 0.2) is 48.5 Å². The molecule has 0 fully saturated rings. The van der Waals surface area contributed by atoms with Crippen LogP contribution >= 0.6 is 22.7 Å². The van der Waals surface area contributed by atoms with Gasteiger partial charge in [-0.2, -0.15) is 0 Å². The van der Waals surface area contributed by atoms with Crippen molar-refractivity contribution in [1.29, 1.82) is 0 Å². The van der Waals surface area contributed by atoms with E-state index in [2.05, 4.69) is 83.0 Å². The van der Waals surface area contributed by atoms with Crippen LogP contribution in [0, 0.1) is 13.8 Å². The topological polar surface area (TPSA) is 189 Å². The van der Waals surface area contributed by atoms with E-state index in [-0.39, 0.29) is 34.8 Å². The summed E-state index contributed by atoms with van der Waals surface area (Å²) >= 11 is 2.28. The number of aromatic nitrogens is 2.